The third-order valence-electron chi connectivity index (χ3n) is 3.43. The smallest absolute Gasteiger partial charge is 0.182 e. The number of hydrogen-bond donors (Lipinski definition) is 3. The van der Waals surface area contributed by atoms with E-state index in [2.05, 4.69) is 10.3 Å². The molecule has 1 aromatic heterocycles. The fourth-order valence-corrected chi connectivity index (χ4v) is 2.77. The Morgan fingerprint density at radius 1 is 1.35 bits per heavy atom. The van der Waals surface area contributed by atoms with Crippen LogP contribution in [0.3, 0.4) is 0 Å². The van der Waals surface area contributed by atoms with Crippen molar-refractivity contribution in [1.29, 1.82) is 0 Å². The van der Waals surface area contributed by atoms with Crippen molar-refractivity contribution in [3.05, 3.63) is 23.6 Å². The van der Waals surface area contributed by atoms with Gasteiger partial charge in [-0.2, -0.15) is 0 Å². The highest BCUT2D eigenvalue weighted by Gasteiger charge is 2.11. The highest BCUT2D eigenvalue weighted by atomic mass is 32.1. The van der Waals surface area contributed by atoms with E-state index in [4.69, 9.17) is 9.84 Å². The van der Waals surface area contributed by atoms with E-state index in [9.17, 15) is 9.90 Å². The van der Waals surface area contributed by atoms with Crippen molar-refractivity contribution < 1.29 is 19.7 Å². The van der Waals surface area contributed by atoms with Crippen molar-refractivity contribution in [2.24, 2.45) is 5.92 Å². The number of benzene rings is 1. The lowest BCUT2D eigenvalue weighted by atomic mass is 10.0. The number of rotatable bonds is 3. The summed E-state index contributed by atoms with van der Waals surface area (Å²) in [5.74, 6) is 0.354. The average molecular weight is 336 g/mol. The standard InChI is InChI=1S/C10H10N2O2S.C6H10O2/c1-11-10-12-8(5-15-10)7-3-2-6(13)4-9(7)14;7-5-6-1-3-8-4-2-6/h2-5,13-14H,1H3,(H,11,12);5-6H,1-4H2. The van der Waals surface area contributed by atoms with Gasteiger partial charge in [-0.25, -0.2) is 4.98 Å². The number of ether oxygens (including phenoxy) is 1. The Bertz CT molecular complexity index is 639. The molecule has 7 heteroatoms. The monoisotopic (exact) mass is 336 g/mol. The van der Waals surface area contributed by atoms with E-state index in [1.807, 2.05) is 5.38 Å². The summed E-state index contributed by atoms with van der Waals surface area (Å²) in [5, 5.41) is 24.3. The lowest BCUT2D eigenvalue weighted by Gasteiger charge is -2.15. The van der Waals surface area contributed by atoms with Crippen molar-refractivity contribution in [3.8, 4) is 22.8 Å². The number of carbonyl (C=O) groups is 1. The second-order valence-electron chi connectivity index (χ2n) is 5.08. The number of aromatic hydroxyl groups is 2. The molecule has 0 unspecified atom stereocenters. The maximum atomic E-state index is 10.1. The van der Waals surface area contributed by atoms with E-state index in [0.29, 0.717) is 11.3 Å². The summed E-state index contributed by atoms with van der Waals surface area (Å²) in [6.45, 7) is 1.53. The van der Waals surface area contributed by atoms with Crippen LogP contribution in [-0.2, 0) is 9.53 Å². The van der Waals surface area contributed by atoms with Crippen molar-refractivity contribution in [2.75, 3.05) is 25.6 Å². The summed E-state index contributed by atoms with van der Waals surface area (Å²) in [4.78, 5) is 14.4. The Morgan fingerprint density at radius 3 is 2.61 bits per heavy atom. The number of nitrogens with one attached hydrogen (secondary N) is 1. The molecule has 0 radical (unpaired) electrons. The van der Waals surface area contributed by atoms with Crippen LogP contribution in [0.2, 0.25) is 0 Å². The highest BCUT2D eigenvalue weighted by molar-refractivity contribution is 7.14. The predicted molar refractivity (Wildman–Crippen MR) is 90.0 cm³/mol. The van der Waals surface area contributed by atoms with Gasteiger partial charge in [0, 0.05) is 43.2 Å². The number of hydrogen-bond acceptors (Lipinski definition) is 7. The van der Waals surface area contributed by atoms with Gasteiger partial charge in [-0.05, 0) is 25.0 Å². The summed E-state index contributed by atoms with van der Waals surface area (Å²) in [7, 11) is 1.79. The lowest BCUT2D eigenvalue weighted by molar-refractivity contribution is -0.113. The third-order valence-corrected chi connectivity index (χ3v) is 4.29. The van der Waals surface area contributed by atoms with Gasteiger partial charge < -0.3 is 25.1 Å². The number of aromatic nitrogens is 1. The SMILES string of the molecule is CNc1nc(-c2ccc(O)cc2O)cs1.O=CC1CCOCC1. The summed E-state index contributed by atoms with van der Waals surface area (Å²) in [6, 6.07) is 4.46. The lowest BCUT2D eigenvalue weighted by Crippen LogP contribution is -2.16. The number of thiazole rings is 1. The third kappa shape index (κ3) is 4.94. The summed E-state index contributed by atoms with van der Waals surface area (Å²) < 4.78 is 5.04. The topological polar surface area (TPSA) is 91.7 Å². The minimum Gasteiger partial charge on any atom is -0.508 e. The van der Waals surface area contributed by atoms with Crippen LogP contribution >= 0.6 is 11.3 Å². The molecule has 3 rings (SSSR count). The zero-order chi connectivity index (χ0) is 16.7. The number of anilines is 1. The molecule has 3 N–H and O–H groups in total. The number of carbonyl (C=O) groups excluding carboxylic acids is 1. The van der Waals surface area contributed by atoms with E-state index in [1.165, 1.54) is 23.5 Å². The maximum Gasteiger partial charge on any atom is 0.182 e. The van der Waals surface area contributed by atoms with Crippen LogP contribution in [-0.4, -0.2) is 41.7 Å². The average Bonchev–Trinajstić information content (AvgIpc) is 3.05. The second kappa shape index (κ2) is 8.50. The van der Waals surface area contributed by atoms with Gasteiger partial charge >= 0.3 is 0 Å². The second-order valence-corrected chi connectivity index (χ2v) is 5.93. The fraction of sp³-hybridized carbons (Fsp3) is 0.375. The van der Waals surface area contributed by atoms with Crippen molar-refractivity contribution in [3.63, 3.8) is 0 Å². The molecular formula is C16H20N2O4S. The molecule has 0 amide bonds. The molecule has 1 saturated heterocycles. The van der Waals surface area contributed by atoms with Crippen LogP contribution in [0, 0.1) is 5.92 Å². The summed E-state index contributed by atoms with van der Waals surface area (Å²) >= 11 is 1.46. The van der Waals surface area contributed by atoms with Gasteiger partial charge in [0.2, 0.25) is 0 Å². The molecule has 0 aliphatic carbocycles. The van der Waals surface area contributed by atoms with Crippen molar-refractivity contribution in [2.45, 2.75) is 12.8 Å². The zero-order valence-electron chi connectivity index (χ0n) is 12.9. The Hall–Kier alpha value is -2.12. The van der Waals surface area contributed by atoms with Crippen molar-refractivity contribution in [1.82, 2.24) is 4.98 Å². The quantitative estimate of drug-likeness (QED) is 0.747. The normalized spacial score (nSPS) is 14.7. The predicted octanol–water partition coefficient (Wildman–Crippen LogP) is 2.87. The summed E-state index contributed by atoms with van der Waals surface area (Å²) in [5.41, 5.74) is 1.31. The van der Waals surface area contributed by atoms with Crippen LogP contribution in [0.5, 0.6) is 11.5 Å². The zero-order valence-corrected chi connectivity index (χ0v) is 13.7. The van der Waals surface area contributed by atoms with Gasteiger partial charge in [0.25, 0.3) is 0 Å². The van der Waals surface area contributed by atoms with Crippen LogP contribution in [0.4, 0.5) is 5.13 Å². The van der Waals surface area contributed by atoms with Gasteiger partial charge in [0.05, 0.1) is 5.69 Å². The number of phenolic OH excluding ortho intramolecular Hbond substituents is 2. The molecular weight excluding hydrogens is 316 g/mol. The molecule has 1 fully saturated rings. The molecule has 2 heterocycles. The Labute approximate surface area is 138 Å². The first kappa shape index (κ1) is 17.2. The molecule has 6 nitrogen and oxygen atoms in total. The molecule has 1 aliphatic heterocycles. The molecule has 0 saturated carbocycles. The van der Waals surface area contributed by atoms with Gasteiger partial charge in [-0.3, -0.25) is 0 Å². The Kier molecular flexibility index (Phi) is 6.37. The van der Waals surface area contributed by atoms with Crippen LogP contribution < -0.4 is 5.32 Å². The first-order valence-electron chi connectivity index (χ1n) is 7.32. The molecule has 1 aliphatic rings. The molecule has 23 heavy (non-hydrogen) atoms. The van der Waals surface area contributed by atoms with E-state index in [0.717, 1.165) is 37.5 Å². The van der Waals surface area contributed by atoms with Gasteiger partial charge in [-0.15, -0.1) is 11.3 Å². The molecule has 2 aromatic rings. The van der Waals surface area contributed by atoms with E-state index in [-0.39, 0.29) is 17.4 Å². The summed E-state index contributed by atoms with van der Waals surface area (Å²) in [6.07, 6.45) is 2.87. The molecule has 0 spiro atoms. The van der Waals surface area contributed by atoms with Crippen LogP contribution in [0.25, 0.3) is 11.3 Å². The molecule has 0 atom stereocenters. The first-order valence-corrected chi connectivity index (χ1v) is 8.20. The largest absolute Gasteiger partial charge is 0.508 e. The highest BCUT2D eigenvalue weighted by Crippen LogP contribution is 2.33. The minimum absolute atomic E-state index is 0.0305. The number of aldehydes is 1. The molecule has 0 bridgehead atoms. The van der Waals surface area contributed by atoms with Gasteiger partial charge in [0.1, 0.15) is 17.8 Å². The number of phenols is 2. The molecule has 1 aromatic carbocycles. The van der Waals surface area contributed by atoms with Gasteiger partial charge in [0.15, 0.2) is 5.13 Å². The maximum absolute atomic E-state index is 10.1. The van der Waals surface area contributed by atoms with Crippen LogP contribution in [0.1, 0.15) is 12.8 Å². The van der Waals surface area contributed by atoms with E-state index < -0.39 is 0 Å². The van der Waals surface area contributed by atoms with E-state index in [1.54, 1.807) is 13.1 Å². The van der Waals surface area contributed by atoms with Crippen molar-refractivity contribution >= 4 is 22.8 Å². The molecule has 124 valence electrons. The van der Waals surface area contributed by atoms with E-state index >= 15 is 0 Å². The Balaban J connectivity index is 0.000000203. The minimum atomic E-state index is 0.0305. The van der Waals surface area contributed by atoms with Crippen LogP contribution in [0.15, 0.2) is 23.6 Å². The first-order chi connectivity index (χ1) is 11.1. The fourth-order valence-electron chi connectivity index (χ4n) is 2.10. The Morgan fingerprint density at radius 2 is 2.09 bits per heavy atom. The van der Waals surface area contributed by atoms with Gasteiger partial charge in [-0.1, -0.05) is 0 Å². The number of nitrogens with zero attached hydrogens (tertiary/aromatic N) is 1.